The second-order valence-electron chi connectivity index (χ2n) is 6.06. The maximum atomic E-state index is 14.3. The van der Waals surface area contributed by atoms with E-state index in [0.29, 0.717) is 0 Å². The molecule has 1 saturated carbocycles. The highest BCUT2D eigenvalue weighted by molar-refractivity contribution is 5.07. The summed E-state index contributed by atoms with van der Waals surface area (Å²) in [4.78, 5) is 0. The van der Waals surface area contributed by atoms with Crippen molar-refractivity contribution in [1.82, 2.24) is 0 Å². The molecule has 0 aromatic carbocycles. The summed E-state index contributed by atoms with van der Waals surface area (Å²) in [5.74, 6) is -8.05. The van der Waals surface area contributed by atoms with E-state index in [1.807, 2.05) is 0 Å². The molecule has 10 heteroatoms. The third kappa shape index (κ3) is 3.03. The average Bonchev–Trinajstić information content (AvgIpc) is 2.21. The summed E-state index contributed by atoms with van der Waals surface area (Å²) in [6.07, 6.45) is -15.8. The van der Waals surface area contributed by atoms with Gasteiger partial charge in [-0.05, 0) is 25.2 Å². The third-order valence-corrected chi connectivity index (χ3v) is 4.17. The van der Waals surface area contributed by atoms with E-state index < -0.39 is 60.6 Å². The van der Waals surface area contributed by atoms with Gasteiger partial charge in [-0.2, -0.15) is 26.3 Å². The Labute approximate surface area is 120 Å². The van der Waals surface area contributed by atoms with Crippen molar-refractivity contribution >= 4 is 0 Å². The minimum absolute atomic E-state index is 0.0995. The highest BCUT2D eigenvalue weighted by Crippen LogP contribution is 2.56. The number of hydrogen-bond acceptors (Lipinski definition) is 1. The second kappa shape index (κ2) is 5.17. The van der Waals surface area contributed by atoms with E-state index in [0.717, 1.165) is 6.92 Å². The van der Waals surface area contributed by atoms with Crippen LogP contribution in [-0.2, 0) is 0 Å². The first-order chi connectivity index (χ1) is 9.46. The van der Waals surface area contributed by atoms with Crippen LogP contribution in [0.25, 0.3) is 0 Å². The zero-order chi connectivity index (χ0) is 17.8. The van der Waals surface area contributed by atoms with Crippen LogP contribution in [0, 0.1) is 11.8 Å². The van der Waals surface area contributed by atoms with Crippen molar-refractivity contribution in [2.75, 3.05) is 0 Å². The fourth-order valence-corrected chi connectivity index (χ4v) is 2.98. The predicted molar refractivity (Wildman–Crippen MR) is 58.0 cm³/mol. The fraction of sp³-hybridized carbons (Fsp3) is 1.00. The Bertz CT molecular complexity index is 394. The molecule has 1 aliphatic rings. The van der Waals surface area contributed by atoms with Gasteiger partial charge in [-0.25, -0.2) is 13.2 Å². The van der Waals surface area contributed by atoms with Gasteiger partial charge < -0.3 is 5.11 Å². The molecular formula is C12H15F9O. The van der Waals surface area contributed by atoms with Gasteiger partial charge in [-0.3, -0.25) is 0 Å². The van der Waals surface area contributed by atoms with Crippen LogP contribution in [0.5, 0.6) is 0 Å². The number of rotatable bonds is 2. The minimum atomic E-state index is -6.16. The predicted octanol–water partition coefficient (Wildman–Crippen LogP) is 4.64. The van der Waals surface area contributed by atoms with Crippen molar-refractivity contribution in [3.05, 3.63) is 0 Å². The Morgan fingerprint density at radius 2 is 1.32 bits per heavy atom. The van der Waals surface area contributed by atoms with E-state index in [-0.39, 0.29) is 6.92 Å². The molecule has 132 valence electrons. The van der Waals surface area contributed by atoms with Crippen LogP contribution in [0.2, 0.25) is 0 Å². The minimum Gasteiger partial charge on any atom is -0.373 e. The summed E-state index contributed by atoms with van der Waals surface area (Å²) < 4.78 is 118. The summed E-state index contributed by atoms with van der Waals surface area (Å²) in [7, 11) is 0. The number of alkyl halides is 9. The lowest BCUT2D eigenvalue weighted by Gasteiger charge is -2.47. The molecule has 0 aromatic heterocycles. The topological polar surface area (TPSA) is 20.2 Å². The van der Waals surface area contributed by atoms with Crippen molar-refractivity contribution < 1.29 is 44.6 Å². The van der Waals surface area contributed by atoms with E-state index in [4.69, 9.17) is 0 Å². The zero-order valence-electron chi connectivity index (χ0n) is 11.6. The largest absolute Gasteiger partial charge is 0.426 e. The van der Waals surface area contributed by atoms with Crippen molar-refractivity contribution in [2.24, 2.45) is 11.8 Å². The molecule has 0 aliphatic heterocycles. The van der Waals surface area contributed by atoms with Crippen LogP contribution >= 0.6 is 0 Å². The molecule has 1 nitrogen and oxygen atoms in total. The van der Waals surface area contributed by atoms with Crippen LogP contribution in [-0.4, -0.2) is 34.7 Å². The van der Waals surface area contributed by atoms with Gasteiger partial charge in [0.25, 0.3) is 11.5 Å². The Morgan fingerprint density at radius 3 is 1.64 bits per heavy atom. The van der Waals surface area contributed by atoms with Gasteiger partial charge in [0.15, 0.2) is 5.67 Å². The van der Waals surface area contributed by atoms with Crippen LogP contribution in [0.15, 0.2) is 0 Å². The summed E-state index contributed by atoms with van der Waals surface area (Å²) in [5, 5.41) is 9.26. The summed E-state index contributed by atoms with van der Waals surface area (Å²) >= 11 is 0. The summed E-state index contributed by atoms with van der Waals surface area (Å²) in [6, 6.07) is 0. The van der Waals surface area contributed by atoms with Crippen LogP contribution in [0.3, 0.4) is 0 Å². The Morgan fingerprint density at radius 1 is 0.909 bits per heavy atom. The van der Waals surface area contributed by atoms with Gasteiger partial charge in [-0.1, -0.05) is 6.92 Å². The molecule has 1 N–H and O–H groups in total. The molecule has 1 aliphatic carbocycles. The van der Waals surface area contributed by atoms with Crippen LogP contribution < -0.4 is 0 Å². The lowest BCUT2D eigenvalue weighted by molar-refractivity contribution is -0.391. The average molecular weight is 346 g/mol. The van der Waals surface area contributed by atoms with Crippen molar-refractivity contribution in [2.45, 2.75) is 62.7 Å². The monoisotopic (exact) mass is 346 g/mol. The lowest BCUT2D eigenvalue weighted by atomic mass is 9.65. The van der Waals surface area contributed by atoms with Gasteiger partial charge in [0.2, 0.25) is 0 Å². The normalized spacial score (nSPS) is 32.2. The lowest BCUT2D eigenvalue weighted by Crippen LogP contribution is -2.65. The van der Waals surface area contributed by atoms with Gasteiger partial charge in [0.1, 0.15) is 0 Å². The molecule has 1 fully saturated rings. The maximum Gasteiger partial charge on any atom is 0.426 e. The van der Waals surface area contributed by atoms with E-state index >= 15 is 0 Å². The van der Waals surface area contributed by atoms with Crippen LogP contribution in [0.1, 0.15) is 33.1 Å². The number of hydrogen-bond donors (Lipinski definition) is 1. The maximum absolute atomic E-state index is 14.3. The van der Waals surface area contributed by atoms with Gasteiger partial charge in [0.05, 0.1) is 0 Å². The molecule has 22 heavy (non-hydrogen) atoms. The molecule has 3 atom stereocenters. The SMILES string of the molecule is CC1CC(C(O)(C(F)(F)F)C(F)(F)F)CC(F)(C(C)(F)F)C1. The van der Waals surface area contributed by atoms with Crippen molar-refractivity contribution in [1.29, 1.82) is 0 Å². The Balaban J connectivity index is 3.33. The summed E-state index contributed by atoms with van der Waals surface area (Å²) in [5.41, 5.74) is -8.77. The molecular weight excluding hydrogens is 331 g/mol. The van der Waals surface area contributed by atoms with E-state index in [9.17, 15) is 44.6 Å². The first-order valence-electron chi connectivity index (χ1n) is 6.38. The van der Waals surface area contributed by atoms with Gasteiger partial charge >= 0.3 is 12.4 Å². The molecule has 0 amide bonds. The van der Waals surface area contributed by atoms with Gasteiger partial charge in [0, 0.05) is 12.8 Å². The zero-order valence-corrected chi connectivity index (χ0v) is 11.6. The standard InChI is InChI=1S/C12H15F9O/c1-6-3-7(5-9(15,4-6)8(2,13)14)10(22,11(16,17)18)12(19,20)21/h6-7,22H,3-5H2,1-2H3. The van der Waals surface area contributed by atoms with Crippen molar-refractivity contribution in [3.8, 4) is 0 Å². The molecule has 0 spiro atoms. The smallest absolute Gasteiger partial charge is 0.373 e. The molecule has 0 aromatic rings. The molecule has 0 saturated heterocycles. The highest BCUT2D eigenvalue weighted by Gasteiger charge is 2.75. The quantitative estimate of drug-likeness (QED) is 0.722. The first-order valence-corrected chi connectivity index (χ1v) is 6.38. The highest BCUT2D eigenvalue weighted by atomic mass is 19.4. The Hall–Kier alpha value is -0.670. The molecule has 0 bridgehead atoms. The number of aliphatic hydroxyl groups is 1. The Kier molecular flexibility index (Phi) is 4.55. The first kappa shape index (κ1) is 19.4. The molecule has 0 heterocycles. The summed E-state index contributed by atoms with van der Waals surface area (Å²) in [6.45, 7) is 1.17. The van der Waals surface area contributed by atoms with E-state index in [1.54, 1.807) is 0 Å². The molecule has 3 unspecified atom stereocenters. The van der Waals surface area contributed by atoms with E-state index in [1.165, 1.54) is 0 Å². The number of halogens is 9. The molecule has 1 rings (SSSR count). The second-order valence-corrected chi connectivity index (χ2v) is 6.06. The van der Waals surface area contributed by atoms with Gasteiger partial charge in [-0.15, -0.1) is 0 Å². The van der Waals surface area contributed by atoms with Crippen LogP contribution in [0.4, 0.5) is 39.5 Å². The van der Waals surface area contributed by atoms with E-state index in [2.05, 4.69) is 0 Å². The fourth-order valence-electron chi connectivity index (χ4n) is 2.98. The van der Waals surface area contributed by atoms with Crippen molar-refractivity contribution in [3.63, 3.8) is 0 Å². The molecule has 0 radical (unpaired) electrons. The third-order valence-electron chi connectivity index (χ3n) is 4.17.